The predicted molar refractivity (Wildman–Crippen MR) is 145 cm³/mol. The minimum atomic E-state index is 0.879. The number of fused-ring (bicyclic) bond motifs is 1. The molecule has 1 aliphatic carbocycles. The van der Waals surface area contributed by atoms with Crippen molar-refractivity contribution in [2.24, 2.45) is 7.05 Å². The van der Waals surface area contributed by atoms with Gasteiger partial charge in [0.2, 0.25) is 0 Å². The summed E-state index contributed by atoms with van der Waals surface area (Å²) >= 11 is 0. The highest BCUT2D eigenvalue weighted by Crippen LogP contribution is 2.28. The molecule has 1 saturated carbocycles. The summed E-state index contributed by atoms with van der Waals surface area (Å²) in [5, 5.41) is 5.37. The van der Waals surface area contributed by atoms with Crippen LogP contribution in [-0.4, -0.2) is 63.7 Å². The molecule has 1 aliphatic heterocycles. The molecule has 1 N–H and O–H groups in total. The van der Waals surface area contributed by atoms with Crippen molar-refractivity contribution in [2.75, 3.05) is 43.4 Å². The highest BCUT2D eigenvalue weighted by atomic mass is 15.3. The quantitative estimate of drug-likeness (QED) is 0.460. The molecule has 7 heteroatoms. The fourth-order valence-electron chi connectivity index (χ4n) is 4.56. The molecule has 0 radical (unpaired) electrons. The molecule has 0 atom stereocenters. The molecule has 0 spiro atoms. The summed E-state index contributed by atoms with van der Waals surface area (Å²) in [6, 6.07) is 13.4. The van der Waals surface area contributed by atoms with Gasteiger partial charge in [0, 0.05) is 69.7 Å². The molecule has 4 aromatic rings. The number of anilines is 2. The van der Waals surface area contributed by atoms with E-state index in [9.17, 15) is 0 Å². The normalized spacial score (nSPS) is 16.0. The van der Waals surface area contributed by atoms with Crippen molar-refractivity contribution in [3.8, 4) is 11.3 Å². The lowest BCUT2D eigenvalue weighted by molar-refractivity contribution is 0.247. The van der Waals surface area contributed by atoms with Crippen molar-refractivity contribution in [3.05, 3.63) is 73.5 Å². The standard InChI is InChI=1S/C14H14N4.C14H19N3/c1-15-14-6-12-5-10(3-4-11(12)7-17-14)13-8-16-9-18(13)2;1-2-12-5-6-15-14(11-12)17-9-7-16(8-10-17)13-3-4-13/h3-9H,1-2H3,(H,15,17);2,5-6,11,13H,1,3-4,7-10H2. The Balaban J connectivity index is 0.000000145. The van der Waals surface area contributed by atoms with Gasteiger partial charge in [0.15, 0.2) is 0 Å². The summed E-state index contributed by atoms with van der Waals surface area (Å²) in [6.45, 7) is 8.38. The van der Waals surface area contributed by atoms with Gasteiger partial charge in [0.05, 0.1) is 18.2 Å². The number of hydrogen-bond acceptors (Lipinski definition) is 6. The second-order valence-corrected chi connectivity index (χ2v) is 9.18. The first-order chi connectivity index (χ1) is 17.1. The molecule has 2 aliphatic rings. The first-order valence-corrected chi connectivity index (χ1v) is 12.3. The largest absolute Gasteiger partial charge is 0.373 e. The van der Waals surface area contributed by atoms with Crippen molar-refractivity contribution < 1.29 is 0 Å². The van der Waals surface area contributed by atoms with Crippen molar-refractivity contribution >= 4 is 28.5 Å². The van der Waals surface area contributed by atoms with Crippen LogP contribution >= 0.6 is 0 Å². The number of rotatable bonds is 5. The molecule has 4 heterocycles. The van der Waals surface area contributed by atoms with Crippen molar-refractivity contribution in [1.82, 2.24) is 24.4 Å². The molecule has 180 valence electrons. The van der Waals surface area contributed by atoms with Gasteiger partial charge in [-0.25, -0.2) is 15.0 Å². The molecular weight excluding hydrogens is 434 g/mol. The van der Waals surface area contributed by atoms with E-state index in [-0.39, 0.29) is 0 Å². The molecule has 35 heavy (non-hydrogen) atoms. The number of benzene rings is 1. The van der Waals surface area contributed by atoms with Crippen LogP contribution in [0, 0.1) is 0 Å². The predicted octanol–water partition coefficient (Wildman–Crippen LogP) is 4.69. The third-order valence-corrected chi connectivity index (χ3v) is 6.80. The zero-order valence-corrected chi connectivity index (χ0v) is 20.6. The van der Waals surface area contributed by atoms with E-state index in [1.165, 1.54) is 31.3 Å². The van der Waals surface area contributed by atoms with Crippen molar-refractivity contribution in [3.63, 3.8) is 0 Å². The summed E-state index contributed by atoms with van der Waals surface area (Å²) in [5.41, 5.74) is 3.43. The fraction of sp³-hybridized carbons (Fsp3) is 0.321. The van der Waals surface area contributed by atoms with Crippen molar-refractivity contribution in [1.29, 1.82) is 0 Å². The van der Waals surface area contributed by atoms with Gasteiger partial charge >= 0.3 is 0 Å². The van der Waals surface area contributed by atoms with Gasteiger partial charge < -0.3 is 14.8 Å². The number of nitrogens with one attached hydrogen (secondary N) is 1. The van der Waals surface area contributed by atoms with Gasteiger partial charge in [-0.05, 0) is 48.1 Å². The van der Waals surface area contributed by atoms with Gasteiger partial charge in [-0.3, -0.25) is 4.90 Å². The van der Waals surface area contributed by atoms with E-state index < -0.39 is 0 Å². The Hall–Kier alpha value is -3.71. The first kappa shape index (κ1) is 23.1. The molecule has 1 aromatic carbocycles. The average Bonchev–Trinajstić information content (AvgIpc) is 3.68. The van der Waals surface area contributed by atoms with Crippen LogP contribution in [0.5, 0.6) is 0 Å². The maximum atomic E-state index is 4.46. The number of aryl methyl sites for hydroxylation is 1. The van der Waals surface area contributed by atoms with Crippen LogP contribution in [-0.2, 0) is 7.05 Å². The lowest BCUT2D eigenvalue weighted by atomic mass is 10.1. The Kier molecular flexibility index (Phi) is 6.77. The second-order valence-electron chi connectivity index (χ2n) is 9.18. The summed E-state index contributed by atoms with van der Waals surface area (Å²) in [6.07, 6.45) is 12.1. The van der Waals surface area contributed by atoms with E-state index >= 15 is 0 Å². The minimum Gasteiger partial charge on any atom is -0.373 e. The Morgan fingerprint density at radius 2 is 1.80 bits per heavy atom. The smallest absolute Gasteiger partial charge is 0.129 e. The van der Waals surface area contributed by atoms with Crippen LogP contribution < -0.4 is 10.2 Å². The number of piperazine rings is 1. The second kappa shape index (κ2) is 10.3. The zero-order valence-electron chi connectivity index (χ0n) is 20.6. The van der Waals surface area contributed by atoms with E-state index in [2.05, 4.69) is 67.0 Å². The lowest BCUT2D eigenvalue weighted by Gasteiger charge is -2.35. The van der Waals surface area contributed by atoms with E-state index in [1.807, 2.05) is 55.7 Å². The Bertz CT molecular complexity index is 1300. The number of aromatic nitrogens is 4. The highest BCUT2D eigenvalue weighted by Gasteiger charge is 2.31. The first-order valence-electron chi connectivity index (χ1n) is 12.3. The van der Waals surface area contributed by atoms with Gasteiger partial charge in [-0.15, -0.1) is 0 Å². The summed E-state index contributed by atoms with van der Waals surface area (Å²) in [4.78, 5) is 17.9. The minimum absolute atomic E-state index is 0.879. The molecule has 0 unspecified atom stereocenters. The molecule has 3 aromatic heterocycles. The number of hydrogen-bond donors (Lipinski definition) is 1. The molecular formula is C28H33N7. The van der Waals surface area contributed by atoms with E-state index in [0.717, 1.165) is 53.0 Å². The average molecular weight is 468 g/mol. The fourth-order valence-corrected chi connectivity index (χ4v) is 4.56. The topological polar surface area (TPSA) is 62.1 Å². The van der Waals surface area contributed by atoms with Crippen LogP contribution in [0.3, 0.4) is 0 Å². The molecule has 2 fully saturated rings. The van der Waals surface area contributed by atoms with Crippen LogP contribution in [0.15, 0.2) is 67.9 Å². The Morgan fingerprint density at radius 3 is 2.49 bits per heavy atom. The summed E-state index contributed by atoms with van der Waals surface area (Å²) in [7, 11) is 3.87. The third-order valence-electron chi connectivity index (χ3n) is 6.80. The molecule has 0 amide bonds. The van der Waals surface area contributed by atoms with Crippen LogP contribution in [0.25, 0.3) is 28.1 Å². The number of nitrogens with zero attached hydrogens (tertiary/aromatic N) is 6. The van der Waals surface area contributed by atoms with Gasteiger partial charge in [0.1, 0.15) is 11.6 Å². The van der Waals surface area contributed by atoms with Crippen LogP contribution in [0.2, 0.25) is 0 Å². The monoisotopic (exact) mass is 467 g/mol. The summed E-state index contributed by atoms with van der Waals surface area (Å²) in [5.74, 6) is 1.97. The van der Waals surface area contributed by atoms with E-state index in [0.29, 0.717) is 0 Å². The van der Waals surface area contributed by atoms with Crippen LogP contribution in [0.4, 0.5) is 11.6 Å². The number of imidazole rings is 1. The molecule has 7 nitrogen and oxygen atoms in total. The van der Waals surface area contributed by atoms with E-state index in [1.54, 1.807) is 0 Å². The Labute approximate surface area is 207 Å². The van der Waals surface area contributed by atoms with E-state index in [4.69, 9.17) is 0 Å². The van der Waals surface area contributed by atoms with Gasteiger partial charge in [-0.2, -0.15) is 0 Å². The third kappa shape index (κ3) is 5.35. The van der Waals surface area contributed by atoms with Gasteiger partial charge in [0.25, 0.3) is 0 Å². The van der Waals surface area contributed by atoms with Crippen LogP contribution in [0.1, 0.15) is 18.4 Å². The maximum absolute atomic E-state index is 4.46. The molecule has 1 saturated heterocycles. The molecule has 6 rings (SSSR count). The zero-order chi connectivity index (χ0) is 24.2. The maximum Gasteiger partial charge on any atom is 0.129 e. The summed E-state index contributed by atoms with van der Waals surface area (Å²) < 4.78 is 2.02. The molecule has 0 bridgehead atoms. The van der Waals surface area contributed by atoms with Crippen molar-refractivity contribution in [2.45, 2.75) is 18.9 Å². The highest BCUT2D eigenvalue weighted by molar-refractivity contribution is 5.88. The Morgan fingerprint density at radius 1 is 0.971 bits per heavy atom. The number of pyridine rings is 2. The van der Waals surface area contributed by atoms with Gasteiger partial charge in [-0.1, -0.05) is 24.8 Å². The lowest BCUT2D eigenvalue weighted by Crippen LogP contribution is -2.47. The SMILES string of the molecule is C=Cc1ccnc(N2CCN(C3CC3)CC2)c1.CNc1cc2cc(-c3cncn3C)ccc2cn1.